The lowest BCUT2D eigenvalue weighted by Crippen LogP contribution is -1.97. The van der Waals surface area contributed by atoms with Gasteiger partial charge in [-0.25, -0.2) is 4.98 Å². The summed E-state index contributed by atoms with van der Waals surface area (Å²) < 4.78 is 4.74. The lowest BCUT2D eigenvalue weighted by Gasteiger charge is -2.14. The number of nitrogens with zero attached hydrogens (tertiary/aromatic N) is 5. The maximum absolute atomic E-state index is 5.08. The minimum Gasteiger partial charge on any atom is -0.309 e. The lowest BCUT2D eigenvalue weighted by molar-refractivity contribution is 1.17. The van der Waals surface area contributed by atoms with Crippen LogP contribution in [0.1, 0.15) is 0 Å². The van der Waals surface area contributed by atoms with Crippen LogP contribution in [0.4, 0.5) is 0 Å². The van der Waals surface area contributed by atoms with Crippen LogP contribution in [0.5, 0.6) is 0 Å². The zero-order valence-corrected chi connectivity index (χ0v) is 30.3. The SMILES string of the molecule is c1ccc(-c2cc(-c3cccc(-n4c5ccccc5c5cccc(-c6ccc7c(c6)c6ncccc6n7-c6ccccc6)c54)c3)cc(-c3ccccn3)n2)cc1. The van der Waals surface area contributed by atoms with Gasteiger partial charge in [0.25, 0.3) is 0 Å². The lowest BCUT2D eigenvalue weighted by atomic mass is 9.99. The van der Waals surface area contributed by atoms with E-state index in [1.54, 1.807) is 0 Å². The molecule has 0 spiro atoms. The van der Waals surface area contributed by atoms with E-state index < -0.39 is 0 Å². The van der Waals surface area contributed by atoms with Crippen molar-refractivity contribution in [3.8, 4) is 56.3 Å². The largest absolute Gasteiger partial charge is 0.309 e. The van der Waals surface area contributed by atoms with Gasteiger partial charge in [0.05, 0.1) is 44.7 Å². The predicted molar refractivity (Wildman–Crippen MR) is 230 cm³/mol. The van der Waals surface area contributed by atoms with Gasteiger partial charge in [-0.1, -0.05) is 109 Å². The van der Waals surface area contributed by atoms with E-state index in [-0.39, 0.29) is 0 Å². The van der Waals surface area contributed by atoms with Crippen LogP contribution < -0.4 is 0 Å². The first-order valence-electron chi connectivity index (χ1n) is 18.9. The molecule has 5 nitrogen and oxygen atoms in total. The minimum atomic E-state index is 0.838. The van der Waals surface area contributed by atoms with E-state index in [9.17, 15) is 0 Å². The van der Waals surface area contributed by atoms with Crippen molar-refractivity contribution in [2.45, 2.75) is 0 Å². The second-order valence-corrected chi connectivity index (χ2v) is 14.1. The van der Waals surface area contributed by atoms with Gasteiger partial charge >= 0.3 is 0 Å². The van der Waals surface area contributed by atoms with Crippen molar-refractivity contribution in [1.29, 1.82) is 0 Å². The van der Waals surface area contributed by atoms with Crippen LogP contribution in [0.15, 0.2) is 200 Å². The first-order valence-corrected chi connectivity index (χ1v) is 18.9. The van der Waals surface area contributed by atoms with E-state index in [0.29, 0.717) is 0 Å². The van der Waals surface area contributed by atoms with Gasteiger partial charge in [0.1, 0.15) is 0 Å². The van der Waals surface area contributed by atoms with Gasteiger partial charge in [-0.15, -0.1) is 0 Å². The van der Waals surface area contributed by atoms with Crippen LogP contribution >= 0.6 is 0 Å². The Balaban J connectivity index is 1.12. The Hall–Kier alpha value is -7.63. The van der Waals surface area contributed by atoms with E-state index >= 15 is 0 Å². The Morgan fingerprint density at radius 3 is 1.91 bits per heavy atom. The van der Waals surface area contributed by atoms with Gasteiger partial charge in [-0.3, -0.25) is 9.97 Å². The molecule has 0 fully saturated rings. The number of hydrogen-bond acceptors (Lipinski definition) is 3. The molecule has 5 heteroatoms. The van der Waals surface area contributed by atoms with E-state index in [4.69, 9.17) is 9.97 Å². The summed E-state index contributed by atoms with van der Waals surface area (Å²) in [5.41, 5.74) is 15.9. The Bertz CT molecular complexity index is 3180. The summed E-state index contributed by atoms with van der Waals surface area (Å²) >= 11 is 0. The summed E-state index contributed by atoms with van der Waals surface area (Å²) in [5, 5.41) is 3.55. The molecule has 0 radical (unpaired) electrons. The number of rotatable bonds is 6. The van der Waals surface area contributed by atoms with E-state index in [1.165, 1.54) is 16.3 Å². The van der Waals surface area contributed by atoms with Crippen molar-refractivity contribution in [2.24, 2.45) is 0 Å². The van der Waals surface area contributed by atoms with Crippen molar-refractivity contribution in [1.82, 2.24) is 24.1 Å². The summed E-state index contributed by atoms with van der Waals surface area (Å²) in [6, 6.07) is 66.5. The highest BCUT2D eigenvalue weighted by Gasteiger charge is 2.19. The van der Waals surface area contributed by atoms with Crippen molar-refractivity contribution < 1.29 is 0 Å². The fourth-order valence-electron chi connectivity index (χ4n) is 8.30. The molecule has 0 amide bonds. The van der Waals surface area contributed by atoms with Gasteiger partial charge in [-0.2, -0.15) is 0 Å². The molecule has 0 bridgehead atoms. The minimum absolute atomic E-state index is 0.838. The molecule has 0 saturated carbocycles. The first-order chi connectivity index (χ1) is 27.8. The quantitative estimate of drug-likeness (QED) is 0.172. The summed E-state index contributed by atoms with van der Waals surface area (Å²) in [4.78, 5) is 14.7. The van der Waals surface area contributed by atoms with Gasteiger partial charge in [0.2, 0.25) is 0 Å². The molecule has 0 aliphatic rings. The molecule has 0 aliphatic heterocycles. The van der Waals surface area contributed by atoms with Gasteiger partial charge in [-0.05, 0) is 95.6 Å². The molecule has 11 aromatic rings. The third-order valence-corrected chi connectivity index (χ3v) is 10.8. The summed E-state index contributed by atoms with van der Waals surface area (Å²) in [7, 11) is 0. The van der Waals surface area contributed by atoms with Crippen LogP contribution in [0.3, 0.4) is 0 Å². The molecule has 56 heavy (non-hydrogen) atoms. The molecular weight excluding hydrogens is 683 g/mol. The van der Waals surface area contributed by atoms with E-state index in [0.717, 1.165) is 83.7 Å². The smallest absolute Gasteiger partial charge is 0.0963 e. The fourth-order valence-corrected chi connectivity index (χ4v) is 8.30. The van der Waals surface area contributed by atoms with Gasteiger partial charge < -0.3 is 9.13 Å². The third kappa shape index (κ3) is 5.21. The highest BCUT2D eigenvalue weighted by atomic mass is 15.0. The highest BCUT2D eigenvalue weighted by molar-refractivity contribution is 6.15. The van der Waals surface area contributed by atoms with Gasteiger partial charge in [0, 0.05) is 51.1 Å². The summed E-state index contributed by atoms with van der Waals surface area (Å²) in [6.45, 7) is 0. The Labute approximate surface area is 323 Å². The zero-order chi connectivity index (χ0) is 37.0. The molecule has 5 aromatic heterocycles. The first kappa shape index (κ1) is 31.9. The number of hydrogen-bond donors (Lipinski definition) is 0. The molecule has 0 atom stereocenters. The molecular formula is C51H33N5. The predicted octanol–water partition coefficient (Wildman–Crippen LogP) is 12.7. The molecule has 5 heterocycles. The Kier molecular flexibility index (Phi) is 7.42. The monoisotopic (exact) mass is 715 g/mol. The van der Waals surface area contributed by atoms with E-state index in [1.807, 2.05) is 42.7 Å². The maximum Gasteiger partial charge on any atom is 0.0963 e. The summed E-state index contributed by atoms with van der Waals surface area (Å²) in [6.07, 6.45) is 3.71. The number of benzene rings is 6. The summed E-state index contributed by atoms with van der Waals surface area (Å²) in [5.74, 6) is 0. The molecule has 0 aliphatic carbocycles. The number of para-hydroxylation sites is 3. The number of aromatic nitrogens is 5. The van der Waals surface area contributed by atoms with Crippen molar-refractivity contribution in [2.75, 3.05) is 0 Å². The van der Waals surface area contributed by atoms with Crippen molar-refractivity contribution in [3.63, 3.8) is 0 Å². The Morgan fingerprint density at radius 2 is 1.04 bits per heavy atom. The third-order valence-electron chi connectivity index (χ3n) is 10.8. The average molecular weight is 716 g/mol. The maximum atomic E-state index is 5.08. The second-order valence-electron chi connectivity index (χ2n) is 14.1. The number of fused-ring (bicyclic) bond motifs is 6. The van der Waals surface area contributed by atoms with Crippen LogP contribution in [-0.2, 0) is 0 Å². The van der Waals surface area contributed by atoms with Crippen LogP contribution in [0.25, 0.3) is 100 Å². The van der Waals surface area contributed by atoms with Crippen molar-refractivity contribution >= 4 is 43.7 Å². The molecule has 11 rings (SSSR count). The molecule has 0 N–H and O–H groups in total. The zero-order valence-electron chi connectivity index (χ0n) is 30.3. The average Bonchev–Trinajstić information content (AvgIpc) is 3.80. The number of pyridine rings is 3. The van der Waals surface area contributed by atoms with Crippen LogP contribution in [-0.4, -0.2) is 24.1 Å². The van der Waals surface area contributed by atoms with Crippen LogP contribution in [0.2, 0.25) is 0 Å². The highest BCUT2D eigenvalue weighted by Crippen LogP contribution is 2.41. The molecule has 0 saturated heterocycles. The standard InChI is InChI=1S/C51H33N5/c1-3-14-34(15-4-1)45-32-37(33-46(54-45)44-23-9-10-28-52-44)35-16-11-19-39(30-35)56-47-24-8-7-20-41(47)42-22-12-21-40(51(42)56)36-26-27-48-43(31-36)50-49(25-13-29-53-50)55(48)38-17-5-2-6-18-38/h1-33H. The second kappa shape index (κ2) is 13.0. The molecule has 6 aromatic carbocycles. The van der Waals surface area contributed by atoms with Crippen molar-refractivity contribution in [3.05, 3.63) is 200 Å². The van der Waals surface area contributed by atoms with E-state index in [2.05, 4.69) is 172 Å². The molecule has 262 valence electrons. The normalized spacial score (nSPS) is 11.6. The molecule has 0 unspecified atom stereocenters. The fraction of sp³-hybridized carbons (Fsp3) is 0. The topological polar surface area (TPSA) is 48.5 Å². The van der Waals surface area contributed by atoms with Crippen LogP contribution in [0, 0.1) is 0 Å². The van der Waals surface area contributed by atoms with Gasteiger partial charge in [0.15, 0.2) is 0 Å². The Morgan fingerprint density at radius 1 is 0.339 bits per heavy atom.